The van der Waals surface area contributed by atoms with Gasteiger partial charge in [-0.1, -0.05) is 108 Å². The van der Waals surface area contributed by atoms with Gasteiger partial charge in [-0.05, 0) is 42.2 Å². The van der Waals surface area contributed by atoms with E-state index in [1.165, 1.54) is 44.6 Å². The first-order valence-corrected chi connectivity index (χ1v) is 13.5. The van der Waals surface area contributed by atoms with Gasteiger partial charge in [-0.2, -0.15) is 0 Å². The number of nitrogen functional groups attached to an aromatic ring is 1. The van der Waals surface area contributed by atoms with Crippen LogP contribution in [0.2, 0.25) is 0 Å². The second-order valence-corrected chi connectivity index (χ2v) is 9.35. The molecule has 0 aliphatic rings. The van der Waals surface area contributed by atoms with Crippen molar-refractivity contribution in [3.05, 3.63) is 71.8 Å². The van der Waals surface area contributed by atoms with Crippen molar-refractivity contribution in [2.75, 3.05) is 12.3 Å². The van der Waals surface area contributed by atoms with Crippen LogP contribution in [0.4, 0.5) is 5.69 Å². The largest absolute Gasteiger partial charge is 0.409 e. The molecule has 0 saturated heterocycles. The van der Waals surface area contributed by atoms with Gasteiger partial charge in [0, 0.05) is 23.9 Å². The summed E-state index contributed by atoms with van der Waals surface area (Å²) >= 11 is 0. The highest BCUT2D eigenvalue weighted by atomic mass is 16.7. The summed E-state index contributed by atoms with van der Waals surface area (Å²) in [5.41, 5.74) is 8.22. The van der Waals surface area contributed by atoms with Crippen LogP contribution in [0.15, 0.2) is 65.7 Å². The lowest BCUT2D eigenvalue weighted by atomic mass is 10.0. The summed E-state index contributed by atoms with van der Waals surface area (Å²) in [6.07, 6.45) is 15.3. The number of hydrogen-bond donors (Lipinski definition) is 1. The van der Waals surface area contributed by atoms with E-state index in [4.69, 9.17) is 20.2 Å². The summed E-state index contributed by atoms with van der Waals surface area (Å²) in [7, 11) is 0. The standard InChI is InChI=1S/C31H44N2O3/c1-4-6-7-8-9-10-11-15-24-35-31(26(3)5-2,33-25-28-16-13-12-14-17-28)36-30(34)23-20-27-18-21-29(32)22-19-27/h12-14,16-23,25-26H,4-11,15,24,32H2,1-3H3. The van der Waals surface area contributed by atoms with Crippen LogP contribution in [0, 0.1) is 5.92 Å². The van der Waals surface area contributed by atoms with Crippen molar-refractivity contribution in [1.82, 2.24) is 0 Å². The van der Waals surface area contributed by atoms with Crippen LogP contribution in [-0.4, -0.2) is 24.7 Å². The Kier molecular flexibility index (Phi) is 13.6. The van der Waals surface area contributed by atoms with Gasteiger partial charge in [-0.15, -0.1) is 0 Å². The molecule has 5 heteroatoms. The van der Waals surface area contributed by atoms with E-state index in [2.05, 4.69) is 13.8 Å². The zero-order valence-electron chi connectivity index (χ0n) is 22.3. The van der Waals surface area contributed by atoms with Crippen molar-refractivity contribution >= 4 is 23.9 Å². The molecule has 2 N–H and O–H groups in total. The Balaban J connectivity index is 2.09. The minimum absolute atomic E-state index is 0.125. The lowest BCUT2D eigenvalue weighted by molar-refractivity contribution is -0.246. The fourth-order valence-corrected chi connectivity index (χ4v) is 3.83. The molecule has 2 aromatic rings. The lowest BCUT2D eigenvalue weighted by Crippen LogP contribution is -2.42. The smallest absolute Gasteiger partial charge is 0.334 e. The number of esters is 1. The number of nitrogens with two attached hydrogens (primary N) is 1. The number of benzene rings is 2. The number of carbonyl (C=O) groups is 1. The number of aliphatic imine (C=N–C) groups is 1. The van der Waals surface area contributed by atoms with Crippen LogP contribution in [0.1, 0.15) is 89.7 Å². The monoisotopic (exact) mass is 492 g/mol. The van der Waals surface area contributed by atoms with E-state index in [1.807, 2.05) is 49.4 Å². The van der Waals surface area contributed by atoms with E-state index in [0.717, 1.165) is 30.4 Å². The van der Waals surface area contributed by atoms with Gasteiger partial charge in [0.25, 0.3) is 0 Å². The van der Waals surface area contributed by atoms with Crippen LogP contribution < -0.4 is 5.73 Å². The molecule has 0 aromatic heterocycles. The van der Waals surface area contributed by atoms with Gasteiger partial charge in [-0.25, -0.2) is 9.79 Å². The van der Waals surface area contributed by atoms with Gasteiger partial charge in [-0.3, -0.25) is 0 Å². The molecule has 36 heavy (non-hydrogen) atoms. The number of nitrogens with zero attached hydrogens (tertiary/aromatic N) is 1. The molecule has 0 aliphatic heterocycles. The molecule has 2 unspecified atom stereocenters. The highest BCUT2D eigenvalue weighted by Gasteiger charge is 2.40. The molecule has 0 amide bonds. The Morgan fingerprint density at radius 3 is 2.19 bits per heavy atom. The van der Waals surface area contributed by atoms with E-state index >= 15 is 0 Å². The molecule has 0 fully saturated rings. The van der Waals surface area contributed by atoms with Crippen molar-refractivity contribution < 1.29 is 14.3 Å². The molecule has 0 saturated carbocycles. The van der Waals surface area contributed by atoms with E-state index < -0.39 is 11.9 Å². The van der Waals surface area contributed by atoms with Gasteiger partial charge in [0.15, 0.2) is 0 Å². The van der Waals surface area contributed by atoms with E-state index in [-0.39, 0.29) is 5.92 Å². The van der Waals surface area contributed by atoms with Crippen molar-refractivity contribution in [2.24, 2.45) is 10.9 Å². The molecule has 5 nitrogen and oxygen atoms in total. The number of hydrogen-bond acceptors (Lipinski definition) is 5. The molecule has 0 spiro atoms. The Hall–Kier alpha value is -2.92. The summed E-state index contributed by atoms with van der Waals surface area (Å²) < 4.78 is 12.3. The van der Waals surface area contributed by atoms with Crippen molar-refractivity contribution in [1.29, 1.82) is 0 Å². The number of carbonyl (C=O) groups excluding carboxylic acids is 1. The van der Waals surface area contributed by atoms with Crippen LogP contribution in [0.5, 0.6) is 0 Å². The third-order valence-corrected chi connectivity index (χ3v) is 6.33. The predicted octanol–water partition coefficient (Wildman–Crippen LogP) is 7.80. The molecular formula is C31H44N2O3. The van der Waals surface area contributed by atoms with E-state index in [9.17, 15) is 4.79 Å². The van der Waals surface area contributed by atoms with E-state index in [0.29, 0.717) is 12.3 Å². The SMILES string of the molecule is CCCCCCCCCCOC(N=Cc1ccccc1)(OC(=O)C=Cc1ccc(N)cc1)C(C)CC. The maximum absolute atomic E-state index is 12.9. The summed E-state index contributed by atoms with van der Waals surface area (Å²) in [5.74, 6) is -2.00. The molecule has 0 radical (unpaired) electrons. The van der Waals surface area contributed by atoms with Crippen LogP contribution in [-0.2, 0) is 14.3 Å². The maximum Gasteiger partial charge on any atom is 0.334 e. The zero-order chi connectivity index (χ0) is 26.1. The number of rotatable bonds is 17. The van der Waals surface area contributed by atoms with Gasteiger partial charge < -0.3 is 15.2 Å². The lowest BCUT2D eigenvalue weighted by Gasteiger charge is -2.33. The normalized spacial score (nSPS) is 14.2. The average molecular weight is 493 g/mol. The quantitative estimate of drug-likeness (QED) is 0.0610. The third-order valence-electron chi connectivity index (χ3n) is 6.33. The highest BCUT2D eigenvalue weighted by molar-refractivity contribution is 5.87. The summed E-state index contributed by atoms with van der Waals surface area (Å²) in [6.45, 7) is 6.78. The van der Waals surface area contributed by atoms with Crippen molar-refractivity contribution in [2.45, 2.75) is 84.5 Å². The number of anilines is 1. The fourth-order valence-electron chi connectivity index (χ4n) is 3.83. The molecule has 2 aromatic carbocycles. The number of unbranched alkanes of at least 4 members (excludes halogenated alkanes) is 7. The van der Waals surface area contributed by atoms with Gasteiger partial charge in [0.2, 0.25) is 0 Å². The highest BCUT2D eigenvalue weighted by Crippen LogP contribution is 2.29. The number of ether oxygens (including phenoxy) is 2. The van der Waals surface area contributed by atoms with Crippen LogP contribution in [0.25, 0.3) is 6.08 Å². The second-order valence-electron chi connectivity index (χ2n) is 9.35. The Bertz CT molecular complexity index is 925. The molecular weight excluding hydrogens is 448 g/mol. The molecule has 0 heterocycles. The first kappa shape index (κ1) is 29.3. The molecule has 0 bridgehead atoms. The average Bonchev–Trinajstić information content (AvgIpc) is 2.90. The Labute approximate surface area is 217 Å². The van der Waals surface area contributed by atoms with Crippen molar-refractivity contribution in [3.8, 4) is 0 Å². The van der Waals surface area contributed by atoms with Crippen LogP contribution in [0.3, 0.4) is 0 Å². The zero-order valence-corrected chi connectivity index (χ0v) is 22.3. The Morgan fingerprint density at radius 1 is 0.917 bits per heavy atom. The maximum atomic E-state index is 12.9. The fraction of sp³-hybridized carbons (Fsp3) is 0.484. The summed E-state index contributed by atoms with van der Waals surface area (Å²) in [5, 5.41) is 0. The molecule has 2 atom stereocenters. The minimum atomic E-state index is -1.38. The minimum Gasteiger partial charge on any atom is -0.409 e. The third kappa shape index (κ3) is 10.8. The molecule has 2 rings (SSSR count). The second kappa shape index (κ2) is 16.7. The van der Waals surface area contributed by atoms with Gasteiger partial charge in [0.05, 0.1) is 6.61 Å². The van der Waals surface area contributed by atoms with Crippen LogP contribution >= 0.6 is 0 Å². The van der Waals surface area contributed by atoms with Gasteiger partial charge in [0.1, 0.15) is 0 Å². The predicted molar refractivity (Wildman–Crippen MR) is 151 cm³/mol. The van der Waals surface area contributed by atoms with E-state index in [1.54, 1.807) is 24.4 Å². The topological polar surface area (TPSA) is 73.9 Å². The Morgan fingerprint density at radius 2 is 1.56 bits per heavy atom. The summed E-state index contributed by atoms with van der Waals surface area (Å²) in [4.78, 5) is 17.6. The van der Waals surface area contributed by atoms with Gasteiger partial charge >= 0.3 is 11.9 Å². The molecule has 0 aliphatic carbocycles. The first-order valence-electron chi connectivity index (χ1n) is 13.5. The molecule has 196 valence electrons. The summed E-state index contributed by atoms with van der Waals surface area (Å²) in [6, 6.07) is 17.1. The first-order chi connectivity index (χ1) is 17.5. The van der Waals surface area contributed by atoms with Crippen molar-refractivity contribution in [3.63, 3.8) is 0 Å².